The average Bonchev–Trinajstić information content (AvgIpc) is 3.31. The minimum absolute atomic E-state index is 0.00147. The number of hydrogen-bond donors (Lipinski definition) is 2. The first kappa shape index (κ1) is 14.9. The lowest BCUT2D eigenvalue weighted by molar-refractivity contribution is -0.116. The Balaban J connectivity index is 1.62. The Kier molecular flexibility index (Phi) is 3.38. The number of carbonyl (C=O) groups is 1. The molecule has 5 rings (SSSR count). The van der Waals surface area contributed by atoms with E-state index >= 15 is 0 Å². The molecule has 0 spiro atoms. The van der Waals surface area contributed by atoms with Gasteiger partial charge in [0.25, 0.3) is 0 Å². The first-order chi connectivity index (χ1) is 12.8. The van der Waals surface area contributed by atoms with Gasteiger partial charge in [-0.05, 0) is 34.4 Å². The van der Waals surface area contributed by atoms with Gasteiger partial charge < -0.3 is 15.1 Å². The van der Waals surface area contributed by atoms with Gasteiger partial charge in [0.05, 0.1) is 12.3 Å². The Bertz CT molecular complexity index is 975. The Morgan fingerprint density at radius 1 is 1.00 bits per heavy atom. The van der Waals surface area contributed by atoms with Crippen molar-refractivity contribution < 1.29 is 13.8 Å². The third-order valence-electron chi connectivity index (χ3n) is 4.91. The van der Waals surface area contributed by atoms with E-state index in [4.69, 9.17) is 9.05 Å². The molecule has 0 fully saturated rings. The van der Waals surface area contributed by atoms with E-state index in [0.29, 0.717) is 24.5 Å². The van der Waals surface area contributed by atoms with Gasteiger partial charge in [0.1, 0.15) is 5.76 Å². The maximum absolute atomic E-state index is 13.1. The van der Waals surface area contributed by atoms with Crippen LogP contribution in [-0.4, -0.2) is 16.1 Å². The lowest BCUT2D eigenvalue weighted by atomic mass is 9.80. The van der Waals surface area contributed by atoms with Crippen LogP contribution in [0.1, 0.15) is 36.1 Å². The number of rotatable bonds is 2. The number of carbonyl (C=O) groups excluding carboxylic acids is 1. The van der Waals surface area contributed by atoms with Crippen molar-refractivity contribution in [3.05, 3.63) is 71.3 Å². The van der Waals surface area contributed by atoms with Crippen LogP contribution in [0.3, 0.4) is 0 Å². The molecule has 1 aromatic carbocycles. The van der Waals surface area contributed by atoms with Crippen molar-refractivity contribution in [2.45, 2.75) is 24.8 Å². The molecular weight excluding hydrogens is 332 g/mol. The van der Waals surface area contributed by atoms with Crippen LogP contribution in [0, 0.1) is 0 Å². The number of benzene rings is 1. The molecule has 0 saturated heterocycles. The van der Waals surface area contributed by atoms with Gasteiger partial charge in [-0.25, -0.2) is 4.63 Å². The smallest absolute Gasteiger partial charge is 0.219 e. The topological polar surface area (TPSA) is 93.2 Å². The Morgan fingerprint density at radius 2 is 1.85 bits per heavy atom. The highest BCUT2D eigenvalue weighted by atomic mass is 16.6. The Labute approximate surface area is 149 Å². The lowest BCUT2D eigenvalue weighted by Gasteiger charge is -2.28. The molecule has 7 heteroatoms. The normalized spacial score (nSPS) is 22.1. The quantitative estimate of drug-likeness (QED) is 0.730. The van der Waals surface area contributed by atoms with Crippen molar-refractivity contribution in [3.8, 4) is 0 Å². The molecule has 2 aromatic heterocycles. The summed E-state index contributed by atoms with van der Waals surface area (Å²) in [6.07, 6.45) is 2.71. The first-order valence-corrected chi connectivity index (χ1v) is 8.50. The number of aromatic nitrogens is 2. The highest BCUT2D eigenvalue weighted by Crippen LogP contribution is 2.43. The number of furan rings is 1. The predicted molar refractivity (Wildman–Crippen MR) is 93.4 cm³/mol. The van der Waals surface area contributed by atoms with Gasteiger partial charge in [-0.3, -0.25) is 4.79 Å². The molecule has 1 aliphatic heterocycles. The number of anilines is 2. The monoisotopic (exact) mass is 348 g/mol. The lowest BCUT2D eigenvalue weighted by Crippen LogP contribution is -2.26. The summed E-state index contributed by atoms with van der Waals surface area (Å²) in [4.78, 5) is 13.1. The SMILES string of the molecule is O=C1C[C@@H](c2ccco2)CC2=C1[C@H](c1ccccc1)Nc1nonc1N2. The van der Waals surface area contributed by atoms with Crippen molar-refractivity contribution in [1.29, 1.82) is 0 Å². The van der Waals surface area contributed by atoms with Crippen LogP contribution < -0.4 is 10.6 Å². The average molecular weight is 348 g/mol. The molecule has 2 atom stereocenters. The van der Waals surface area contributed by atoms with Gasteiger partial charge in [-0.2, -0.15) is 0 Å². The van der Waals surface area contributed by atoms with Gasteiger partial charge in [0.2, 0.25) is 11.6 Å². The molecule has 0 saturated carbocycles. The van der Waals surface area contributed by atoms with Gasteiger partial charge in [0.15, 0.2) is 5.78 Å². The van der Waals surface area contributed by atoms with Crippen LogP contribution in [0.2, 0.25) is 0 Å². The van der Waals surface area contributed by atoms with E-state index in [1.165, 1.54) is 0 Å². The fraction of sp³-hybridized carbons (Fsp3) is 0.211. The minimum atomic E-state index is -0.308. The number of fused-ring (bicyclic) bond motifs is 1. The van der Waals surface area contributed by atoms with E-state index in [1.807, 2.05) is 42.5 Å². The van der Waals surface area contributed by atoms with Crippen LogP contribution in [0.15, 0.2) is 69.0 Å². The van der Waals surface area contributed by atoms with E-state index < -0.39 is 0 Å². The molecule has 7 nitrogen and oxygen atoms in total. The molecule has 130 valence electrons. The van der Waals surface area contributed by atoms with Crippen LogP contribution in [0.5, 0.6) is 0 Å². The molecule has 1 aliphatic carbocycles. The highest BCUT2D eigenvalue weighted by molar-refractivity contribution is 6.00. The standard InChI is InChI=1S/C19H16N4O3/c24-14-10-12(15-7-4-8-25-15)9-13-16(14)17(11-5-2-1-3-6-11)21-19-18(20-13)22-26-23-19/h1-8,12,17H,9-10H2,(H,20,22)(H,21,23)/t12-,17-/m0/s1. The molecule has 3 heterocycles. The van der Waals surface area contributed by atoms with Crippen LogP contribution in [0.25, 0.3) is 0 Å². The number of ketones is 1. The van der Waals surface area contributed by atoms with Gasteiger partial charge in [-0.1, -0.05) is 30.3 Å². The number of Topliss-reactive ketones (excluding diaryl/α,β-unsaturated/α-hetero) is 1. The van der Waals surface area contributed by atoms with Crippen LogP contribution in [-0.2, 0) is 4.79 Å². The van der Waals surface area contributed by atoms with Crippen molar-refractivity contribution >= 4 is 17.4 Å². The Morgan fingerprint density at radius 3 is 2.65 bits per heavy atom. The second-order valence-electron chi connectivity index (χ2n) is 6.51. The second kappa shape index (κ2) is 5.87. The van der Waals surface area contributed by atoms with Crippen molar-refractivity contribution in [3.63, 3.8) is 0 Å². The molecule has 3 aromatic rings. The maximum atomic E-state index is 13.1. The highest BCUT2D eigenvalue weighted by Gasteiger charge is 2.37. The zero-order valence-corrected chi connectivity index (χ0v) is 13.8. The number of nitrogens with one attached hydrogen (secondary N) is 2. The van der Waals surface area contributed by atoms with Crippen molar-refractivity contribution in [2.24, 2.45) is 0 Å². The molecule has 0 radical (unpaired) electrons. The minimum Gasteiger partial charge on any atom is -0.469 e. The van der Waals surface area contributed by atoms with Crippen molar-refractivity contribution in [1.82, 2.24) is 10.3 Å². The summed E-state index contributed by atoms with van der Waals surface area (Å²) in [5.41, 5.74) is 2.54. The summed E-state index contributed by atoms with van der Waals surface area (Å²) in [6, 6.07) is 13.3. The molecule has 0 amide bonds. The maximum Gasteiger partial charge on any atom is 0.219 e. The van der Waals surface area contributed by atoms with Gasteiger partial charge in [-0.15, -0.1) is 0 Å². The molecule has 0 unspecified atom stereocenters. The molecular formula is C19H16N4O3. The summed E-state index contributed by atoms with van der Waals surface area (Å²) in [5, 5.41) is 14.4. The molecule has 2 N–H and O–H groups in total. The van der Waals surface area contributed by atoms with E-state index in [2.05, 4.69) is 20.9 Å². The summed E-state index contributed by atoms with van der Waals surface area (Å²) in [5.74, 6) is 1.89. The Hall–Kier alpha value is -3.35. The second-order valence-corrected chi connectivity index (χ2v) is 6.51. The zero-order chi connectivity index (χ0) is 17.5. The van der Waals surface area contributed by atoms with E-state index in [0.717, 1.165) is 22.6 Å². The van der Waals surface area contributed by atoms with E-state index in [9.17, 15) is 4.79 Å². The number of nitrogens with zero attached hydrogens (tertiary/aromatic N) is 2. The van der Waals surface area contributed by atoms with Crippen molar-refractivity contribution in [2.75, 3.05) is 10.6 Å². The summed E-state index contributed by atoms with van der Waals surface area (Å²) >= 11 is 0. The van der Waals surface area contributed by atoms with Crippen LogP contribution >= 0.6 is 0 Å². The largest absolute Gasteiger partial charge is 0.469 e. The van der Waals surface area contributed by atoms with E-state index in [1.54, 1.807) is 6.26 Å². The third kappa shape index (κ3) is 2.40. The first-order valence-electron chi connectivity index (χ1n) is 8.50. The fourth-order valence-electron chi connectivity index (χ4n) is 3.72. The summed E-state index contributed by atoms with van der Waals surface area (Å²) in [6.45, 7) is 0. The fourth-order valence-corrected chi connectivity index (χ4v) is 3.72. The van der Waals surface area contributed by atoms with Gasteiger partial charge >= 0.3 is 0 Å². The molecule has 0 bridgehead atoms. The van der Waals surface area contributed by atoms with E-state index in [-0.39, 0.29) is 17.7 Å². The molecule has 2 aliphatic rings. The number of allylic oxidation sites excluding steroid dienone is 1. The third-order valence-corrected chi connectivity index (χ3v) is 4.91. The zero-order valence-electron chi connectivity index (χ0n) is 13.8. The molecule has 26 heavy (non-hydrogen) atoms. The predicted octanol–water partition coefficient (Wildman–Crippen LogP) is 3.64. The van der Waals surface area contributed by atoms with Crippen LogP contribution in [0.4, 0.5) is 11.6 Å². The number of hydrogen-bond acceptors (Lipinski definition) is 7. The van der Waals surface area contributed by atoms with Gasteiger partial charge in [0, 0.05) is 23.6 Å². The summed E-state index contributed by atoms with van der Waals surface area (Å²) < 4.78 is 10.4. The summed E-state index contributed by atoms with van der Waals surface area (Å²) in [7, 11) is 0.